The molecule has 40 heteroatoms. The summed E-state index contributed by atoms with van der Waals surface area (Å²) < 4.78 is 51.8. The second kappa shape index (κ2) is 46.4. The smallest absolute Gasteiger partial charge is 0.291 e. The van der Waals surface area contributed by atoms with E-state index in [1.165, 1.54) is 55.2 Å². The van der Waals surface area contributed by atoms with Crippen LogP contribution < -0.4 is 57.7 Å². The van der Waals surface area contributed by atoms with Gasteiger partial charge in [-0.25, -0.2) is 24.9 Å². The molecule has 0 saturated heterocycles. The lowest BCUT2D eigenvalue weighted by molar-refractivity contribution is -0.121. The van der Waals surface area contributed by atoms with Crippen LogP contribution in [0.3, 0.4) is 0 Å². The van der Waals surface area contributed by atoms with Gasteiger partial charge in [-0.2, -0.15) is 0 Å². The first-order valence-electron chi connectivity index (χ1n) is 37.9. The van der Waals surface area contributed by atoms with Gasteiger partial charge in [0.05, 0.1) is 135 Å². The van der Waals surface area contributed by atoms with Gasteiger partial charge in [-0.3, -0.25) is 47.9 Å². The zero-order valence-electron chi connectivity index (χ0n) is 66.3. The number of fused-ring (bicyclic) bond motifs is 1. The highest BCUT2D eigenvalue weighted by molar-refractivity contribution is 6.05. The molecule has 2 aromatic carbocycles. The van der Waals surface area contributed by atoms with Gasteiger partial charge >= 0.3 is 0 Å². The number of aliphatic hydroxyl groups excluding tert-OH is 1. The number of nitrogens with one attached hydrogen (secondary N) is 9. The number of hydrogen-bond donors (Lipinski definition) is 10. The fraction of sp³-hybridized carbons (Fsp3) is 0.442. The Kier molecular flexibility index (Phi) is 35.2. The van der Waals surface area contributed by atoms with Crippen molar-refractivity contribution in [2.24, 2.45) is 35.2 Å². The van der Waals surface area contributed by atoms with Gasteiger partial charge in [-0.15, -0.1) is 0 Å². The highest BCUT2D eigenvalue weighted by Crippen LogP contribution is 2.38. The molecule has 6 aromatic heterocycles. The number of aryl methyl sites for hydroxylation is 5. The van der Waals surface area contributed by atoms with E-state index < -0.39 is 47.3 Å². The maximum Gasteiger partial charge on any atom is 0.291 e. The van der Waals surface area contributed by atoms with Crippen LogP contribution in [0.1, 0.15) is 101 Å². The highest BCUT2D eigenvalue weighted by atomic mass is 16.6. The third-order valence-electron chi connectivity index (χ3n) is 17.7. The number of carbonyl (C=O) groups is 10. The van der Waals surface area contributed by atoms with Crippen molar-refractivity contribution in [2.45, 2.75) is 39.3 Å². The Balaban J connectivity index is 0.505. The monoisotopic (exact) mass is 1620 g/mol. The number of imidazole rings is 3. The van der Waals surface area contributed by atoms with E-state index >= 15 is 0 Å². The van der Waals surface area contributed by atoms with Gasteiger partial charge in [-0.05, 0) is 41.0 Å². The van der Waals surface area contributed by atoms with E-state index in [0.29, 0.717) is 123 Å². The van der Waals surface area contributed by atoms with Crippen LogP contribution in [0.15, 0.2) is 104 Å². The molecule has 0 atom stereocenters. The van der Waals surface area contributed by atoms with Gasteiger partial charge in [-0.1, -0.05) is 30.3 Å². The van der Waals surface area contributed by atoms with Gasteiger partial charge in [0.2, 0.25) is 41.1 Å². The van der Waals surface area contributed by atoms with E-state index in [9.17, 15) is 53.1 Å². The molecule has 0 radical (unpaired) electrons. The molecule has 628 valence electrons. The lowest BCUT2D eigenvalue weighted by atomic mass is 10.0. The molecule has 0 aliphatic carbocycles. The second-order valence-corrected chi connectivity index (χ2v) is 26.5. The molecule has 8 aromatic rings. The predicted molar refractivity (Wildman–Crippen MR) is 425 cm³/mol. The Bertz CT molecular complexity index is 4650. The van der Waals surface area contributed by atoms with Crippen LogP contribution in [-0.2, 0) is 105 Å². The summed E-state index contributed by atoms with van der Waals surface area (Å²) in [5, 5.41) is 34.0. The standard InChI is InChI=1S/C77H101N21O19/c1-52(100)98-24-23-97(46-54-9-7-8-10-55(54)51-99)60-41-53(11-12-59(60)98)56-44-84-68(85-45-56)74(106)83-21-26-111-28-30-113-32-34-115-36-38-117-40-39-116-37-35-114-33-31-112-29-27-110-25-20-78-65(101)13-16-82-75(107)70-90-63(49-95(70)5)88-66(102)14-17-81-73(105)62-43-58(48-94(62)4)87-77(109)71-91-64(50-96(71)6)89-67(103)15-18-80-72(104)61-42-57(47-93(61)3)86-76(108)69-79-19-22-92(69)2/h7-12,19,22,41-45,47-50,99H,13-18,20-21,23-40,46,51H2,1-6H3,(H,78,101)(H,80,104)(H,81,105)(H,82,107)(H,83,106)(H,86,108)(H,87,109)(H,88,102)(H,89,103). The average Bonchev–Trinajstić information content (AvgIpc) is 1.72. The van der Waals surface area contributed by atoms with Gasteiger partial charge in [0, 0.05) is 169 Å². The summed E-state index contributed by atoms with van der Waals surface area (Å²) in [6.07, 6.45) is 12.0. The number of rotatable bonds is 50. The summed E-state index contributed by atoms with van der Waals surface area (Å²) in [7, 11) is 8.03. The van der Waals surface area contributed by atoms with Crippen molar-refractivity contribution in [3.8, 4) is 11.1 Å². The maximum absolute atomic E-state index is 13.3. The van der Waals surface area contributed by atoms with Crippen LogP contribution in [-0.4, -0.2) is 263 Å². The first-order valence-corrected chi connectivity index (χ1v) is 37.9. The normalized spacial score (nSPS) is 11.8. The van der Waals surface area contributed by atoms with Gasteiger partial charge in [0.1, 0.15) is 11.4 Å². The number of hydrogen-bond acceptors (Lipinski definition) is 25. The fourth-order valence-electron chi connectivity index (χ4n) is 11.8. The summed E-state index contributed by atoms with van der Waals surface area (Å²) in [5.41, 5.74) is 6.11. The van der Waals surface area contributed by atoms with Crippen molar-refractivity contribution in [3.05, 3.63) is 150 Å². The zero-order chi connectivity index (χ0) is 83.4. The SMILES string of the molecule is CC(=O)N1CCN(Cc2ccccc2CO)c2cc(-c3cnc(C(=O)NCCOCCOCCOCCOCCOCCOCCOCCOCCNC(=O)CCNC(=O)c4nc(NC(=O)CCNC(=O)c5cc(NC(=O)c6nc(NC(=O)CCNC(=O)c7cc(NC(=O)c8nccn8C)cn7C)cn6C)cn5C)cn4C)nc3)ccc21. The summed E-state index contributed by atoms with van der Waals surface area (Å²) in [6, 6.07) is 16.5. The number of ether oxygens (including phenoxy) is 8. The molecule has 0 spiro atoms. The van der Waals surface area contributed by atoms with Crippen molar-refractivity contribution in [2.75, 3.05) is 183 Å². The molecule has 10 amide bonds. The number of benzene rings is 2. The maximum atomic E-state index is 13.3. The van der Waals surface area contributed by atoms with E-state index in [0.717, 1.165) is 28.1 Å². The summed E-state index contributed by atoms with van der Waals surface area (Å²) >= 11 is 0. The van der Waals surface area contributed by atoms with Crippen LogP contribution in [0.4, 0.5) is 34.4 Å². The van der Waals surface area contributed by atoms with Crippen LogP contribution in [0.5, 0.6) is 0 Å². The lowest BCUT2D eigenvalue weighted by Crippen LogP contribution is -2.43. The quantitative estimate of drug-likeness (QED) is 0.0243. The Morgan fingerprint density at radius 2 is 0.855 bits per heavy atom. The molecule has 10 N–H and O–H groups in total. The third kappa shape index (κ3) is 28.1. The molecule has 7 heterocycles. The lowest BCUT2D eigenvalue weighted by Gasteiger charge is -2.38. The molecule has 0 saturated carbocycles. The number of anilines is 6. The first-order chi connectivity index (χ1) is 56.6. The Morgan fingerprint density at radius 1 is 0.410 bits per heavy atom. The third-order valence-corrected chi connectivity index (χ3v) is 17.7. The van der Waals surface area contributed by atoms with Crippen LogP contribution in [0, 0.1) is 0 Å². The summed E-state index contributed by atoms with van der Waals surface area (Å²) in [6.45, 7) is 9.37. The van der Waals surface area contributed by atoms with E-state index in [-0.39, 0.29) is 136 Å². The van der Waals surface area contributed by atoms with Crippen molar-refractivity contribution in [1.82, 2.24) is 74.3 Å². The van der Waals surface area contributed by atoms with E-state index in [1.54, 1.807) is 76.4 Å². The Hall–Kier alpha value is -12.2. The highest BCUT2D eigenvalue weighted by Gasteiger charge is 2.28. The van der Waals surface area contributed by atoms with Crippen molar-refractivity contribution in [1.29, 1.82) is 0 Å². The Morgan fingerprint density at radius 3 is 1.33 bits per heavy atom. The van der Waals surface area contributed by atoms with E-state index in [4.69, 9.17) is 37.9 Å². The van der Waals surface area contributed by atoms with E-state index in [1.807, 2.05) is 42.5 Å². The summed E-state index contributed by atoms with van der Waals surface area (Å²) in [4.78, 5) is 153. The fourth-order valence-corrected chi connectivity index (χ4v) is 11.8. The van der Waals surface area contributed by atoms with Gasteiger partial charge in [0.25, 0.3) is 35.4 Å². The topological polar surface area (TPSA) is 469 Å². The molecule has 117 heavy (non-hydrogen) atoms. The number of nitrogens with zero attached hydrogens (tertiary/aromatic N) is 12. The minimum atomic E-state index is -0.642. The average molecular weight is 1620 g/mol. The minimum Gasteiger partial charge on any atom is -0.392 e. The van der Waals surface area contributed by atoms with Crippen LogP contribution >= 0.6 is 0 Å². The van der Waals surface area contributed by atoms with E-state index in [2.05, 4.69) is 77.7 Å². The van der Waals surface area contributed by atoms with Crippen LogP contribution in [0.25, 0.3) is 11.1 Å². The molecule has 1 aliphatic rings. The molecule has 0 unspecified atom stereocenters. The number of aromatic nitrogens is 10. The largest absolute Gasteiger partial charge is 0.392 e. The number of carbonyl (C=O) groups excluding carboxylic acids is 10. The molecule has 40 nitrogen and oxygen atoms in total. The minimum absolute atomic E-state index is 0.00970. The summed E-state index contributed by atoms with van der Waals surface area (Å²) in [5.74, 6) is -4.13. The predicted octanol–water partition coefficient (Wildman–Crippen LogP) is 1.71. The molecular weight excluding hydrogens is 1520 g/mol. The first kappa shape index (κ1) is 88.8. The molecular formula is C77H101N21O19. The van der Waals surface area contributed by atoms with Gasteiger partial charge in [0.15, 0.2) is 17.5 Å². The Labute approximate surface area is 674 Å². The van der Waals surface area contributed by atoms with Crippen molar-refractivity contribution >= 4 is 93.5 Å². The van der Waals surface area contributed by atoms with Crippen molar-refractivity contribution in [3.63, 3.8) is 0 Å². The second-order valence-electron chi connectivity index (χ2n) is 26.5. The zero-order valence-corrected chi connectivity index (χ0v) is 66.3. The molecule has 0 bridgehead atoms. The van der Waals surface area contributed by atoms with Crippen LogP contribution in [0.2, 0.25) is 0 Å². The molecule has 1 aliphatic heterocycles. The molecule has 9 rings (SSSR count). The number of amides is 10. The van der Waals surface area contributed by atoms with Gasteiger partial charge < -0.3 is 123 Å². The number of aliphatic hydroxyl groups is 1. The van der Waals surface area contributed by atoms with Crippen molar-refractivity contribution < 1.29 is 90.9 Å². The molecule has 0 fully saturated rings.